The van der Waals surface area contributed by atoms with E-state index in [9.17, 15) is 18.8 Å². The molecule has 1 amide bonds. The van der Waals surface area contributed by atoms with Gasteiger partial charge in [0.2, 0.25) is 5.91 Å². The Morgan fingerprint density at radius 3 is 2.53 bits per heavy atom. The third-order valence-electron chi connectivity index (χ3n) is 4.97. The smallest absolute Gasteiger partial charge is 0.332 e. The van der Waals surface area contributed by atoms with E-state index in [0.29, 0.717) is 10.9 Å². The molecule has 1 saturated carbocycles. The Balaban J connectivity index is 1.58. The lowest BCUT2D eigenvalue weighted by molar-refractivity contribution is -0.118. The number of fused-ring (bicyclic) bond motifs is 1. The zero-order valence-electron chi connectivity index (χ0n) is 16.5. The van der Waals surface area contributed by atoms with Crippen LogP contribution in [0.5, 0.6) is 0 Å². The standard InChI is InChI=1S/C20H20FN5O3S/c1-25-17-15(19(28)26(2)20(25)29)18(24-16(23-17)12-5-6-12)30-10-14(27)22-9-11-3-7-13(21)8-4-11/h3-4,7-8,12H,5-6,9-10H2,1-2H3,(H,22,27). The van der Waals surface area contributed by atoms with Gasteiger partial charge in [-0.05, 0) is 30.5 Å². The third kappa shape index (κ3) is 4.00. The fraction of sp³-hybridized carbons (Fsp3) is 0.350. The van der Waals surface area contributed by atoms with Gasteiger partial charge < -0.3 is 5.32 Å². The van der Waals surface area contributed by atoms with Crippen LogP contribution in [0.3, 0.4) is 0 Å². The fourth-order valence-electron chi connectivity index (χ4n) is 3.06. The van der Waals surface area contributed by atoms with Crippen LogP contribution in [0.15, 0.2) is 38.9 Å². The zero-order chi connectivity index (χ0) is 21.4. The lowest BCUT2D eigenvalue weighted by atomic mass is 10.2. The zero-order valence-corrected chi connectivity index (χ0v) is 17.3. The van der Waals surface area contributed by atoms with E-state index in [0.717, 1.165) is 34.7 Å². The summed E-state index contributed by atoms with van der Waals surface area (Å²) in [4.78, 5) is 46.3. The van der Waals surface area contributed by atoms with Crippen LogP contribution in [0, 0.1) is 5.82 Å². The lowest BCUT2D eigenvalue weighted by Crippen LogP contribution is -2.38. The lowest BCUT2D eigenvalue weighted by Gasteiger charge is -2.11. The van der Waals surface area contributed by atoms with E-state index >= 15 is 0 Å². The molecular formula is C20H20FN5O3S. The van der Waals surface area contributed by atoms with E-state index < -0.39 is 11.2 Å². The summed E-state index contributed by atoms with van der Waals surface area (Å²) < 4.78 is 15.3. The molecule has 3 aromatic rings. The predicted molar refractivity (Wildman–Crippen MR) is 111 cm³/mol. The number of benzene rings is 1. The van der Waals surface area contributed by atoms with Crippen molar-refractivity contribution in [3.63, 3.8) is 0 Å². The Bertz CT molecular complexity index is 1250. The summed E-state index contributed by atoms with van der Waals surface area (Å²) in [5, 5.41) is 3.40. The number of nitrogens with one attached hydrogen (secondary N) is 1. The maximum atomic E-state index is 13.0. The molecule has 1 aromatic carbocycles. The summed E-state index contributed by atoms with van der Waals surface area (Å²) in [6.07, 6.45) is 1.93. The van der Waals surface area contributed by atoms with E-state index in [1.54, 1.807) is 19.2 Å². The molecule has 0 aliphatic heterocycles. The highest BCUT2D eigenvalue weighted by Crippen LogP contribution is 2.39. The highest BCUT2D eigenvalue weighted by molar-refractivity contribution is 8.00. The Morgan fingerprint density at radius 1 is 1.17 bits per heavy atom. The number of thioether (sulfide) groups is 1. The second-order valence-corrected chi connectivity index (χ2v) is 8.22. The van der Waals surface area contributed by atoms with Crippen molar-refractivity contribution in [3.8, 4) is 0 Å². The summed E-state index contributed by atoms with van der Waals surface area (Å²) in [7, 11) is 2.97. The van der Waals surface area contributed by atoms with Crippen LogP contribution >= 0.6 is 11.8 Å². The van der Waals surface area contributed by atoms with Crippen LogP contribution < -0.4 is 16.6 Å². The van der Waals surface area contributed by atoms with Gasteiger partial charge in [0.1, 0.15) is 22.1 Å². The van der Waals surface area contributed by atoms with Crippen LogP contribution in [0.2, 0.25) is 0 Å². The van der Waals surface area contributed by atoms with E-state index in [2.05, 4.69) is 15.3 Å². The molecule has 2 heterocycles. The quantitative estimate of drug-likeness (QED) is 0.470. The Hall–Kier alpha value is -3.01. The van der Waals surface area contributed by atoms with Crippen LogP contribution in [0.1, 0.15) is 30.1 Å². The Kier molecular flexibility index (Phi) is 5.42. The van der Waals surface area contributed by atoms with E-state index in [1.165, 1.54) is 23.7 Å². The van der Waals surface area contributed by atoms with Crippen molar-refractivity contribution in [3.05, 3.63) is 62.3 Å². The summed E-state index contributed by atoms with van der Waals surface area (Å²) in [6, 6.07) is 5.88. The SMILES string of the molecule is Cn1c(=O)c2c(SCC(=O)NCc3ccc(F)cc3)nc(C3CC3)nc2n(C)c1=O. The second kappa shape index (κ2) is 8.02. The van der Waals surface area contributed by atoms with Gasteiger partial charge in [-0.1, -0.05) is 23.9 Å². The maximum absolute atomic E-state index is 13.0. The fourth-order valence-corrected chi connectivity index (χ4v) is 3.91. The first-order valence-electron chi connectivity index (χ1n) is 9.46. The van der Waals surface area contributed by atoms with Crippen LogP contribution in [0.4, 0.5) is 4.39 Å². The van der Waals surface area contributed by atoms with E-state index in [1.807, 2.05) is 0 Å². The van der Waals surface area contributed by atoms with Gasteiger partial charge in [0.05, 0.1) is 5.75 Å². The molecule has 1 aliphatic carbocycles. The molecule has 8 nitrogen and oxygen atoms in total. The number of hydrogen-bond acceptors (Lipinski definition) is 6. The molecule has 0 saturated heterocycles. The normalized spacial score (nSPS) is 13.6. The van der Waals surface area contributed by atoms with Gasteiger partial charge in [0.25, 0.3) is 5.56 Å². The van der Waals surface area contributed by atoms with Crippen molar-refractivity contribution in [1.82, 2.24) is 24.4 Å². The summed E-state index contributed by atoms with van der Waals surface area (Å²) in [5.41, 5.74) is 0.127. The van der Waals surface area contributed by atoms with Gasteiger partial charge >= 0.3 is 5.69 Å². The topological polar surface area (TPSA) is 98.9 Å². The number of hydrogen-bond donors (Lipinski definition) is 1. The third-order valence-corrected chi connectivity index (χ3v) is 5.94. The van der Waals surface area contributed by atoms with Crippen molar-refractivity contribution in [2.45, 2.75) is 30.3 Å². The van der Waals surface area contributed by atoms with Gasteiger partial charge in [-0.3, -0.25) is 18.7 Å². The Morgan fingerprint density at radius 2 is 1.87 bits per heavy atom. The molecule has 0 bridgehead atoms. The van der Waals surface area contributed by atoms with Crippen molar-refractivity contribution in [2.75, 3.05) is 5.75 Å². The largest absolute Gasteiger partial charge is 0.351 e. The minimum absolute atomic E-state index is 0.0450. The first kappa shape index (κ1) is 20.3. The number of rotatable bonds is 6. The summed E-state index contributed by atoms with van der Waals surface area (Å²) in [5.74, 6) is 0.285. The van der Waals surface area contributed by atoms with Gasteiger partial charge in [-0.25, -0.2) is 19.2 Å². The molecule has 1 fully saturated rings. The highest BCUT2D eigenvalue weighted by atomic mass is 32.2. The molecule has 1 aliphatic rings. The minimum Gasteiger partial charge on any atom is -0.351 e. The van der Waals surface area contributed by atoms with Gasteiger partial charge in [-0.2, -0.15) is 0 Å². The summed E-state index contributed by atoms with van der Waals surface area (Å²) in [6.45, 7) is 0.272. The average molecular weight is 429 g/mol. The Labute approximate surface area is 175 Å². The monoisotopic (exact) mass is 429 g/mol. The number of nitrogens with zero attached hydrogens (tertiary/aromatic N) is 4. The number of aromatic nitrogens is 4. The van der Waals surface area contributed by atoms with Crippen molar-refractivity contribution < 1.29 is 9.18 Å². The van der Waals surface area contributed by atoms with Crippen LogP contribution in [0.25, 0.3) is 11.0 Å². The van der Waals surface area contributed by atoms with E-state index in [4.69, 9.17) is 0 Å². The van der Waals surface area contributed by atoms with Gasteiger partial charge in [0, 0.05) is 26.6 Å². The van der Waals surface area contributed by atoms with Crippen molar-refractivity contribution in [2.24, 2.45) is 14.1 Å². The first-order valence-corrected chi connectivity index (χ1v) is 10.5. The first-order chi connectivity index (χ1) is 14.3. The number of halogens is 1. The molecule has 1 N–H and O–H groups in total. The summed E-state index contributed by atoms with van der Waals surface area (Å²) >= 11 is 1.14. The number of carbonyl (C=O) groups is 1. The number of aryl methyl sites for hydroxylation is 1. The maximum Gasteiger partial charge on any atom is 0.332 e. The molecule has 4 rings (SSSR count). The van der Waals surface area contributed by atoms with Crippen LogP contribution in [-0.2, 0) is 25.4 Å². The predicted octanol–water partition coefficient (Wildman–Crippen LogP) is 1.45. The molecule has 0 unspecified atom stereocenters. The minimum atomic E-state index is -0.482. The second-order valence-electron chi connectivity index (χ2n) is 7.26. The highest BCUT2D eigenvalue weighted by Gasteiger charge is 2.29. The molecule has 10 heteroatoms. The van der Waals surface area contributed by atoms with Gasteiger partial charge in [0.15, 0.2) is 5.65 Å². The van der Waals surface area contributed by atoms with Gasteiger partial charge in [-0.15, -0.1) is 0 Å². The molecule has 30 heavy (non-hydrogen) atoms. The van der Waals surface area contributed by atoms with E-state index in [-0.39, 0.29) is 41.0 Å². The molecular weight excluding hydrogens is 409 g/mol. The molecule has 0 radical (unpaired) electrons. The number of amides is 1. The molecule has 2 aromatic heterocycles. The average Bonchev–Trinajstić information content (AvgIpc) is 3.59. The number of carbonyl (C=O) groups excluding carboxylic acids is 1. The van der Waals surface area contributed by atoms with Crippen molar-refractivity contribution >= 4 is 28.7 Å². The molecule has 0 spiro atoms. The molecule has 0 atom stereocenters. The molecule has 156 valence electrons. The van der Waals surface area contributed by atoms with Crippen molar-refractivity contribution in [1.29, 1.82) is 0 Å². The van der Waals surface area contributed by atoms with Crippen LogP contribution in [-0.4, -0.2) is 30.8 Å².